The number of nitrogens with zero attached hydrogens (tertiary/aromatic N) is 2. The first-order valence-electron chi connectivity index (χ1n) is 9.17. The Morgan fingerprint density at radius 3 is 2.76 bits per heavy atom. The summed E-state index contributed by atoms with van der Waals surface area (Å²) in [6.45, 7) is 3.08. The number of carbonyl (C=O) groups excluding carboxylic acids is 2. The van der Waals surface area contributed by atoms with Crippen LogP contribution in [-0.2, 0) is 22.2 Å². The number of pyridine rings is 1. The Morgan fingerprint density at radius 1 is 1.31 bits per heavy atom. The summed E-state index contributed by atoms with van der Waals surface area (Å²) in [5.41, 5.74) is 0.198. The van der Waals surface area contributed by atoms with Gasteiger partial charge in [0.15, 0.2) is 0 Å². The van der Waals surface area contributed by atoms with E-state index < -0.39 is 17.7 Å². The smallest absolute Gasteiger partial charge is 0.353 e. The summed E-state index contributed by atoms with van der Waals surface area (Å²) in [7, 11) is 0. The fourth-order valence-electron chi connectivity index (χ4n) is 3.07. The summed E-state index contributed by atoms with van der Waals surface area (Å²) in [4.78, 5) is 30.0. The summed E-state index contributed by atoms with van der Waals surface area (Å²) >= 11 is 0. The van der Waals surface area contributed by atoms with Crippen molar-refractivity contribution >= 4 is 23.3 Å². The van der Waals surface area contributed by atoms with Crippen LogP contribution < -0.4 is 15.5 Å². The van der Waals surface area contributed by atoms with E-state index in [0.29, 0.717) is 30.2 Å². The van der Waals surface area contributed by atoms with Gasteiger partial charge in [0, 0.05) is 19.0 Å². The highest BCUT2D eigenvalue weighted by atomic mass is 19.4. The van der Waals surface area contributed by atoms with E-state index in [9.17, 15) is 22.8 Å². The van der Waals surface area contributed by atoms with E-state index in [1.165, 1.54) is 12.3 Å². The van der Waals surface area contributed by atoms with Crippen LogP contribution >= 0.6 is 0 Å². The second kappa shape index (κ2) is 8.50. The van der Waals surface area contributed by atoms with Gasteiger partial charge in [-0.1, -0.05) is 25.1 Å². The molecule has 1 atom stereocenters. The van der Waals surface area contributed by atoms with E-state index in [1.54, 1.807) is 25.1 Å². The first-order chi connectivity index (χ1) is 13.7. The van der Waals surface area contributed by atoms with Crippen molar-refractivity contribution < 1.29 is 22.8 Å². The fourth-order valence-corrected chi connectivity index (χ4v) is 3.07. The van der Waals surface area contributed by atoms with Crippen molar-refractivity contribution in [1.82, 2.24) is 10.3 Å². The number of carbonyl (C=O) groups is 2. The summed E-state index contributed by atoms with van der Waals surface area (Å²) in [5, 5.41) is 5.46. The zero-order valence-electron chi connectivity index (χ0n) is 15.8. The number of benzene rings is 1. The average molecular weight is 406 g/mol. The standard InChI is InChI=1S/C20H21F3N4O2/c1-13(9-14-3-2-4-15(10-14)20(21,22)23)19(29)26-16-5-6-17(25-11-16)27-8-7-24-18(28)12-27/h2-6,10-11,13H,7-9,12H2,1H3,(H,24,28)(H,26,29). The molecular weight excluding hydrogens is 385 g/mol. The molecule has 6 nitrogen and oxygen atoms in total. The molecule has 2 heterocycles. The molecule has 0 aliphatic carbocycles. The molecule has 154 valence electrons. The van der Waals surface area contributed by atoms with Gasteiger partial charge in [-0.15, -0.1) is 0 Å². The SMILES string of the molecule is CC(Cc1cccc(C(F)(F)F)c1)C(=O)Nc1ccc(N2CCNC(=O)C2)nc1. The van der Waals surface area contributed by atoms with Gasteiger partial charge in [-0.25, -0.2) is 4.98 Å². The molecular formula is C20H21F3N4O2. The van der Waals surface area contributed by atoms with Crippen LogP contribution in [0.4, 0.5) is 24.7 Å². The predicted octanol–water partition coefficient (Wildman–Crippen LogP) is 2.85. The van der Waals surface area contributed by atoms with Crippen LogP contribution in [0.2, 0.25) is 0 Å². The molecule has 1 saturated heterocycles. The van der Waals surface area contributed by atoms with Gasteiger partial charge in [-0.3, -0.25) is 9.59 Å². The Bertz CT molecular complexity index is 884. The molecule has 0 spiro atoms. The topological polar surface area (TPSA) is 74.3 Å². The lowest BCUT2D eigenvalue weighted by atomic mass is 9.98. The van der Waals surface area contributed by atoms with Crippen LogP contribution in [0.3, 0.4) is 0 Å². The van der Waals surface area contributed by atoms with Crippen molar-refractivity contribution in [2.24, 2.45) is 5.92 Å². The molecule has 3 rings (SSSR count). The number of hydrogen-bond donors (Lipinski definition) is 2. The summed E-state index contributed by atoms with van der Waals surface area (Å²) in [6, 6.07) is 8.38. The minimum atomic E-state index is -4.41. The minimum Gasteiger partial charge on any atom is -0.353 e. The quantitative estimate of drug-likeness (QED) is 0.801. The monoisotopic (exact) mass is 406 g/mol. The van der Waals surface area contributed by atoms with Crippen molar-refractivity contribution in [3.63, 3.8) is 0 Å². The molecule has 1 aromatic carbocycles. The fraction of sp³-hybridized carbons (Fsp3) is 0.350. The van der Waals surface area contributed by atoms with Crippen LogP contribution in [0, 0.1) is 5.92 Å². The Morgan fingerprint density at radius 2 is 2.10 bits per heavy atom. The largest absolute Gasteiger partial charge is 0.416 e. The number of rotatable bonds is 5. The second-order valence-electron chi connectivity index (χ2n) is 6.97. The number of amides is 2. The molecule has 9 heteroatoms. The van der Waals surface area contributed by atoms with E-state index in [0.717, 1.165) is 12.1 Å². The lowest BCUT2D eigenvalue weighted by Crippen LogP contribution is -2.48. The molecule has 0 radical (unpaired) electrons. The molecule has 29 heavy (non-hydrogen) atoms. The van der Waals surface area contributed by atoms with Crippen molar-refractivity contribution in [3.8, 4) is 0 Å². The van der Waals surface area contributed by atoms with E-state index in [-0.39, 0.29) is 24.8 Å². The Kier molecular flexibility index (Phi) is 6.05. The number of piperazine rings is 1. The van der Waals surface area contributed by atoms with Gasteiger partial charge < -0.3 is 15.5 Å². The first kappa shape index (κ1) is 20.6. The summed E-state index contributed by atoms with van der Waals surface area (Å²) in [5.74, 6) is -0.271. The maximum Gasteiger partial charge on any atom is 0.416 e. The number of aromatic nitrogens is 1. The van der Waals surface area contributed by atoms with E-state index >= 15 is 0 Å². The number of alkyl halides is 3. The van der Waals surface area contributed by atoms with Crippen molar-refractivity contribution in [2.45, 2.75) is 19.5 Å². The first-order valence-corrected chi connectivity index (χ1v) is 9.17. The molecule has 1 aliphatic rings. The van der Waals surface area contributed by atoms with Crippen LogP contribution in [-0.4, -0.2) is 36.4 Å². The second-order valence-corrected chi connectivity index (χ2v) is 6.97. The van der Waals surface area contributed by atoms with Gasteiger partial charge in [0.2, 0.25) is 11.8 Å². The third kappa shape index (κ3) is 5.46. The molecule has 1 aliphatic heterocycles. The van der Waals surface area contributed by atoms with Gasteiger partial charge in [0.1, 0.15) is 5.82 Å². The van der Waals surface area contributed by atoms with Crippen LogP contribution in [0.25, 0.3) is 0 Å². The van der Waals surface area contributed by atoms with Gasteiger partial charge in [-0.05, 0) is 30.2 Å². The van der Waals surface area contributed by atoms with E-state index in [2.05, 4.69) is 15.6 Å². The summed E-state index contributed by atoms with van der Waals surface area (Å²) in [6.07, 6.45) is -2.73. The Labute approximate surface area is 166 Å². The molecule has 2 N–H and O–H groups in total. The molecule has 2 aromatic rings. The molecule has 1 unspecified atom stereocenters. The van der Waals surface area contributed by atoms with Crippen LogP contribution in [0.5, 0.6) is 0 Å². The predicted molar refractivity (Wildman–Crippen MR) is 102 cm³/mol. The molecule has 2 amide bonds. The average Bonchev–Trinajstić information content (AvgIpc) is 2.68. The van der Waals surface area contributed by atoms with Crippen LogP contribution in [0.15, 0.2) is 42.6 Å². The lowest BCUT2D eigenvalue weighted by Gasteiger charge is -2.27. The van der Waals surface area contributed by atoms with Crippen LogP contribution in [0.1, 0.15) is 18.1 Å². The highest BCUT2D eigenvalue weighted by Gasteiger charge is 2.30. The number of nitrogens with one attached hydrogen (secondary N) is 2. The van der Waals surface area contributed by atoms with Gasteiger partial charge in [-0.2, -0.15) is 13.2 Å². The highest BCUT2D eigenvalue weighted by molar-refractivity contribution is 5.92. The van der Waals surface area contributed by atoms with Crippen molar-refractivity contribution in [2.75, 3.05) is 29.9 Å². The summed E-state index contributed by atoms with van der Waals surface area (Å²) < 4.78 is 38.5. The van der Waals surface area contributed by atoms with E-state index in [4.69, 9.17) is 0 Å². The third-order valence-electron chi connectivity index (χ3n) is 4.62. The molecule has 0 bridgehead atoms. The Balaban J connectivity index is 1.59. The van der Waals surface area contributed by atoms with Gasteiger partial charge >= 0.3 is 6.18 Å². The van der Waals surface area contributed by atoms with Gasteiger partial charge in [0.25, 0.3) is 0 Å². The molecule has 0 saturated carbocycles. The van der Waals surface area contributed by atoms with Crippen molar-refractivity contribution in [3.05, 3.63) is 53.7 Å². The normalized spacial score (nSPS) is 15.6. The highest BCUT2D eigenvalue weighted by Crippen LogP contribution is 2.30. The number of anilines is 2. The third-order valence-corrected chi connectivity index (χ3v) is 4.62. The zero-order chi connectivity index (χ0) is 21.0. The van der Waals surface area contributed by atoms with Crippen molar-refractivity contribution in [1.29, 1.82) is 0 Å². The molecule has 1 fully saturated rings. The Hall–Kier alpha value is -3.10. The minimum absolute atomic E-state index is 0.0705. The molecule has 1 aromatic heterocycles. The maximum atomic E-state index is 12.8. The number of hydrogen-bond acceptors (Lipinski definition) is 4. The zero-order valence-corrected chi connectivity index (χ0v) is 15.8. The lowest BCUT2D eigenvalue weighted by molar-refractivity contribution is -0.137. The number of halogens is 3. The maximum absolute atomic E-state index is 12.8. The van der Waals surface area contributed by atoms with E-state index in [1.807, 2.05) is 4.90 Å². The van der Waals surface area contributed by atoms with Gasteiger partial charge in [0.05, 0.1) is 24.0 Å².